The number of carboxylic acids is 1. The highest BCUT2D eigenvalue weighted by Gasteiger charge is 2.34. The summed E-state index contributed by atoms with van der Waals surface area (Å²) in [6.45, 7) is 6.91. The molecule has 0 amide bonds. The molecule has 0 fully saturated rings. The Hall–Kier alpha value is -0.570. The average Bonchev–Trinajstić information content (AvgIpc) is 3.21. The molecule has 0 saturated heterocycles. The first-order valence-electron chi connectivity index (χ1n) is 27.0. The van der Waals surface area contributed by atoms with Gasteiger partial charge in [-0.2, -0.15) is 0 Å². The monoisotopic (exact) mass is 805 g/mol. The number of carbonyl (C=O) groups is 1. The molecule has 2 unspecified atom stereocenters. The molecule has 0 aliphatic carbocycles. The van der Waals surface area contributed by atoms with Crippen LogP contribution < -0.4 is 0 Å². The minimum atomic E-state index is -1.52. The van der Waals surface area contributed by atoms with Crippen molar-refractivity contribution in [3.8, 4) is 0 Å². The van der Waals surface area contributed by atoms with Crippen molar-refractivity contribution in [1.82, 2.24) is 0 Å². The molecule has 0 heterocycles. The van der Waals surface area contributed by atoms with Crippen molar-refractivity contribution in [2.75, 3.05) is 0 Å². The molecule has 0 aromatic heterocycles. The van der Waals surface area contributed by atoms with Gasteiger partial charge in [0.1, 0.15) is 0 Å². The van der Waals surface area contributed by atoms with E-state index in [4.69, 9.17) is 0 Å². The molecule has 0 aromatic carbocycles. The summed E-state index contributed by atoms with van der Waals surface area (Å²) in [4.78, 5) is 12.0. The van der Waals surface area contributed by atoms with Crippen molar-refractivity contribution >= 4 is 5.97 Å². The van der Waals surface area contributed by atoms with Gasteiger partial charge >= 0.3 is 5.97 Å². The minimum absolute atomic E-state index is 0.416. The van der Waals surface area contributed by atoms with Crippen LogP contribution >= 0.6 is 0 Å². The number of aliphatic carboxylic acids is 1. The zero-order valence-corrected chi connectivity index (χ0v) is 39.8. The third kappa shape index (κ3) is 41.9. The van der Waals surface area contributed by atoms with E-state index in [2.05, 4.69) is 20.8 Å². The second-order valence-electron chi connectivity index (χ2n) is 19.2. The Balaban J connectivity index is 3.86. The second-order valence-corrected chi connectivity index (χ2v) is 19.2. The molecule has 2 atom stereocenters. The first kappa shape index (κ1) is 56.4. The Morgan fingerprint density at radius 2 is 0.491 bits per heavy atom. The van der Waals surface area contributed by atoms with Crippen LogP contribution in [0.15, 0.2) is 0 Å². The summed E-state index contributed by atoms with van der Waals surface area (Å²) < 4.78 is 0. The van der Waals surface area contributed by atoms with Gasteiger partial charge in [0.15, 0.2) is 5.60 Å². The van der Waals surface area contributed by atoms with Crippen molar-refractivity contribution < 1.29 is 15.0 Å². The van der Waals surface area contributed by atoms with Gasteiger partial charge in [0.25, 0.3) is 0 Å². The van der Waals surface area contributed by atoms with E-state index in [1.165, 1.54) is 270 Å². The van der Waals surface area contributed by atoms with Crippen molar-refractivity contribution in [2.24, 2.45) is 5.92 Å². The largest absolute Gasteiger partial charge is 0.479 e. The summed E-state index contributed by atoms with van der Waals surface area (Å²) in [6.07, 6.45) is 63.3. The first-order chi connectivity index (χ1) is 28.0. The third-order valence-corrected chi connectivity index (χ3v) is 13.5. The maximum atomic E-state index is 12.0. The van der Waals surface area contributed by atoms with Gasteiger partial charge in [-0.1, -0.05) is 303 Å². The Labute approximate surface area is 360 Å². The fourth-order valence-corrected chi connectivity index (χ4v) is 9.31. The van der Waals surface area contributed by atoms with E-state index in [0.717, 1.165) is 31.6 Å². The predicted octanol–water partition coefficient (Wildman–Crippen LogP) is 19.2. The highest BCUT2D eigenvalue weighted by atomic mass is 16.4. The van der Waals surface area contributed by atoms with Crippen LogP contribution in [0.4, 0.5) is 0 Å². The molecule has 0 rings (SSSR count). The summed E-state index contributed by atoms with van der Waals surface area (Å²) in [5, 5.41) is 20.7. The molecule has 342 valence electrons. The van der Waals surface area contributed by atoms with Crippen molar-refractivity contribution in [1.29, 1.82) is 0 Å². The fourth-order valence-electron chi connectivity index (χ4n) is 9.31. The average molecular weight is 805 g/mol. The topological polar surface area (TPSA) is 57.5 Å². The van der Waals surface area contributed by atoms with E-state index in [1.54, 1.807) is 0 Å². The van der Waals surface area contributed by atoms with Crippen LogP contribution in [0.1, 0.15) is 329 Å². The van der Waals surface area contributed by atoms with E-state index in [-0.39, 0.29) is 0 Å². The summed E-state index contributed by atoms with van der Waals surface area (Å²) >= 11 is 0. The Morgan fingerprint density at radius 3 is 0.702 bits per heavy atom. The fraction of sp³-hybridized carbons (Fsp3) is 0.981. The van der Waals surface area contributed by atoms with Crippen LogP contribution in [0.5, 0.6) is 0 Å². The minimum Gasteiger partial charge on any atom is -0.479 e. The van der Waals surface area contributed by atoms with Gasteiger partial charge in [-0.15, -0.1) is 0 Å². The number of unbranched alkanes of at least 4 members (excludes halogenated alkanes) is 39. The molecule has 0 saturated carbocycles. The Morgan fingerprint density at radius 1 is 0.316 bits per heavy atom. The Bertz CT molecular complexity index is 766. The normalized spacial score (nSPS) is 13.3. The molecule has 57 heavy (non-hydrogen) atoms. The predicted molar refractivity (Wildman–Crippen MR) is 255 cm³/mol. The van der Waals surface area contributed by atoms with Crippen LogP contribution in [0.3, 0.4) is 0 Å². The standard InChI is InChI=1S/C54H108O3/c1-4-7-10-13-15-17-19-21-23-25-27-29-31-34-38-43-48-52(47-42-12-9-6-3)49-44-39-35-33-37-41-46-51-54(57,53(55)56)50-45-40-36-32-30-28-26-24-22-20-18-16-14-11-8-5-2/h52,57H,4-51H2,1-3H3,(H,55,56). The maximum absolute atomic E-state index is 12.0. The number of aliphatic hydroxyl groups is 1. The first-order valence-corrected chi connectivity index (χ1v) is 27.0. The van der Waals surface area contributed by atoms with E-state index in [1.807, 2.05) is 0 Å². The summed E-state index contributed by atoms with van der Waals surface area (Å²) in [5.41, 5.74) is -1.52. The molecule has 0 aromatic rings. The van der Waals surface area contributed by atoms with Crippen molar-refractivity contribution in [3.63, 3.8) is 0 Å². The smallest absolute Gasteiger partial charge is 0.335 e. The van der Waals surface area contributed by atoms with E-state index in [9.17, 15) is 15.0 Å². The van der Waals surface area contributed by atoms with Crippen LogP contribution in [-0.2, 0) is 4.79 Å². The van der Waals surface area contributed by atoms with Gasteiger partial charge in [-0.3, -0.25) is 0 Å². The highest BCUT2D eigenvalue weighted by molar-refractivity contribution is 5.76. The zero-order chi connectivity index (χ0) is 41.6. The third-order valence-electron chi connectivity index (χ3n) is 13.5. The number of carboxylic acid groups (broad SMARTS) is 1. The van der Waals surface area contributed by atoms with Crippen LogP contribution in [0.25, 0.3) is 0 Å². The number of hydrogen-bond acceptors (Lipinski definition) is 2. The molecule has 3 nitrogen and oxygen atoms in total. The van der Waals surface area contributed by atoms with E-state index >= 15 is 0 Å². The number of hydrogen-bond donors (Lipinski definition) is 2. The summed E-state index contributed by atoms with van der Waals surface area (Å²) in [6, 6.07) is 0. The van der Waals surface area contributed by atoms with Crippen LogP contribution in [0.2, 0.25) is 0 Å². The van der Waals surface area contributed by atoms with Gasteiger partial charge in [-0.25, -0.2) is 4.79 Å². The summed E-state index contributed by atoms with van der Waals surface area (Å²) in [5.74, 6) is -0.0659. The number of rotatable bonds is 50. The Kier molecular flexibility index (Phi) is 46.0. The molecule has 0 spiro atoms. The van der Waals surface area contributed by atoms with Crippen molar-refractivity contribution in [3.05, 3.63) is 0 Å². The molecule has 0 aliphatic rings. The van der Waals surface area contributed by atoms with Gasteiger partial charge in [0.2, 0.25) is 0 Å². The zero-order valence-electron chi connectivity index (χ0n) is 39.8. The van der Waals surface area contributed by atoms with Gasteiger partial charge in [0, 0.05) is 0 Å². The lowest BCUT2D eigenvalue weighted by molar-refractivity contribution is -0.160. The van der Waals surface area contributed by atoms with Gasteiger partial charge in [0.05, 0.1) is 0 Å². The molecule has 3 heteroatoms. The lowest BCUT2D eigenvalue weighted by Gasteiger charge is -2.23. The lowest BCUT2D eigenvalue weighted by Crippen LogP contribution is -2.38. The summed E-state index contributed by atoms with van der Waals surface area (Å²) in [7, 11) is 0. The van der Waals surface area contributed by atoms with Crippen molar-refractivity contribution in [2.45, 2.75) is 335 Å². The molecule has 0 radical (unpaired) electrons. The molecule has 0 bridgehead atoms. The second kappa shape index (κ2) is 46.5. The molecule has 0 aliphatic heterocycles. The molecule has 2 N–H and O–H groups in total. The van der Waals surface area contributed by atoms with E-state index < -0.39 is 11.6 Å². The van der Waals surface area contributed by atoms with E-state index in [0.29, 0.717) is 12.8 Å². The molecular formula is C54H108O3. The van der Waals surface area contributed by atoms with Gasteiger partial charge in [-0.05, 0) is 31.6 Å². The lowest BCUT2D eigenvalue weighted by atomic mass is 9.89. The van der Waals surface area contributed by atoms with Gasteiger partial charge < -0.3 is 10.2 Å². The maximum Gasteiger partial charge on any atom is 0.335 e. The van der Waals surface area contributed by atoms with Crippen LogP contribution in [-0.4, -0.2) is 21.8 Å². The molecular weight excluding hydrogens is 697 g/mol. The SMILES string of the molecule is CCCCCCCCCCCCCCCCCCC(CCCCCC)CCCCCCCCCC(O)(CCCCCCCCCCCCCCCCCC)C(=O)O. The van der Waals surface area contributed by atoms with Crippen LogP contribution in [0, 0.1) is 5.92 Å². The highest BCUT2D eigenvalue weighted by Crippen LogP contribution is 2.27. The quantitative estimate of drug-likeness (QED) is 0.0602.